The van der Waals surface area contributed by atoms with Gasteiger partial charge < -0.3 is 14.8 Å². The first-order valence-electron chi connectivity index (χ1n) is 5.53. The lowest BCUT2D eigenvalue weighted by Gasteiger charge is -2.14. The van der Waals surface area contributed by atoms with Crippen LogP contribution in [0.15, 0.2) is 34.9 Å². The van der Waals surface area contributed by atoms with Crippen LogP contribution in [-0.2, 0) is 9.59 Å². The van der Waals surface area contributed by atoms with Crippen molar-refractivity contribution in [2.45, 2.75) is 19.4 Å². The Morgan fingerprint density at radius 1 is 1.39 bits per heavy atom. The quantitative estimate of drug-likeness (QED) is 0.866. The largest absolute Gasteiger partial charge is 0.481 e. The van der Waals surface area contributed by atoms with Gasteiger partial charge in [-0.25, -0.2) is 0 Å². The number of benzene rings is 1. The summed E-state index contributed by atoms with van der Waals surface area (Å²) in [6.45, 7) is 1.36. The molecule has 2 N–H and O–H groups in total. The molecular formula is C13H13NO4. The summed E-state index contributed by atoms with van der Waals surface area (Å²) in [6, 6.07) is 6.73. The van der Waals surface area contributed by atoms with Crippen LogP contribution in [0, 0.1) is 0 Å². The maximum Gasteiger partial charge on any atom is 0.305 e. The van der Waals surface area contributed by atoms with Gasteiger partial charge in [0.05, 0.1) is 18.7 Å². The molecule has 1 heterocycles. The molecule has 2 rings (SSSR count). The molecule has 94 valence electrons. The lowest BCUT2D eigenvalue weighted by atomic mass is 10.0. The van der Waals surface area contributed by atoms with Crippen molar-refractivity contribution in [1.29, 1.82) is 0 Å². The van der Waals surface area contributed by atoms with E-state index < -0.39 is 12.0 Å². The Morgan fingerprint density at radius 2 is 2.11 bits per heavy atom. The normalized spacial score (nSPS) is 12.3. The number of hydrogen-bond donors (Lipinski definition) is 2. The van der Waals surface area contributed by atoms with Crippen LogP contribution in [0.4, 0.5) is 0 Å². The van der Waals surface area contributed by atoms with E-state index in [0.29, 0.717) is 11.1 Å². The number of hydrogen-bond acceptors (Lipinski definition) is 3. The molecule has 0 saturated carbocycles. The molecule has 1 aromatic carbocycles. The number of para-hydroxylation sites is 1. The Kier molecular flexibility index (Phi) is 3.32. The van der Waals surface area contributed by atoms with Crippen molar-refractivity contribution >= 4 is 22.8 Å². The number of carboxylic acid groups (broad SMARTS) is 1. The summed E-state index contributed by atoms with van der Waals surface area (Å²) in [5.41, 5.74) is 1.36. The zero-order chi connectivity index (χ0) is 13.1. The highest BCUT2D eigenvalue weighted by Crippen LogP contribution is 2.28. The first kappa shape index (κ1) is 12.2. The van der Waals surface area contributed by atoms with Crippen LogP contribution in [-0.4, -0.2) is 17.0 Å². The molecule has 0 aliphatic carbocycles. The third kappa shape index (κ3) is 2.51. The van der Waals surface area contributed by atoms with Gasteiger partial charge in [-0.1, -0.05) is 18.2 Å². The Balaban J connectivity index is 2.40. The topological polar surface area (TPSA) is 79.5 Å². The van der Waals surface area contributed by atoms with Crippen molar-refractivity contribution < 1.29 is 19.1 Å². The molecule has 2 aromatic rings. The van der Waals surface area contributed by atoms with Crippen LogP contribution in [0.5, 0.6) is 0 Å². The predicted octanol–water partition coefficient (Wildman–Crippen LogP) is 2.08. The molecule has 0 fully saturated rings. The number of rotatable bonds is 4. The SMILES string of the molecule is CC(=O)N[C@@H](CC(=O)O)c1coc2ccccc12. The summed E-state index contributed by atoms with van der Waals surface area (Å²) in [7, 11) is 0. The van der Waals surface area contributed by atoms with E-state index in [1.807, 2.05) is 18.2 Å². The van der Waals surface area contributed by atoms with Crippen molar-refractivity contribution in [3.63, 3.8) is 0 Å². The Morgan fingerprint density at radius 3 is 2.78 bits per heavy atom. The molecule has 0 saturated heterocycles. The maximum absolute atomic E-state index is 11.1. The van der Waals surface area contributed by atoms with Crippen LogP contribution < -0.4 is 5.32 Å². The van der Waals surface area contributed by atoms with Gasteiger partial charge in [0.1, 0.15) is 5.58 Å². The standard InChI is InChI=1S/C13H13NO4/c1-8(15)14-11(6-13(16)17)10-7-18-12-5-3-2-4-9(10)12/h2-5,7,11H,6H2,1H3,(H,14,15)(H,16,17)/t11-/m0/s1. The minimum Gasteiger partial charge on any atom is -0.481 e. The lowest BCUT2D eigenvalue weighted by molar-refractivity contribution is -0.137. The molecule has 0 aliphatic rings. The van der Waals surface area contributed by atoms with Gasteiger partial charge in [0, 0.05) is 17.9 Å². The van der Waals surface area contributed by atoms with E-state index in [1.165, 1.54) is 13.2 Å². The van der Waals surface area contributed by atoms with Crippen LogP contribution in [0.2, 0.25) is 0 Å². The molecule has 0 spiro atoms. The molecule has 1 amide bonds. The van der Waals surface area contributed by atoms with Gasteiger partial charge in [-0.15, -0.1) is 0 Å². The zero-order valence-electron chi connectivity index (χ0n) is 9.84. The highest BCUT2D eigenvalue weighted by Gasteiger charge is 2.20. The average Bonchev–Trinajstić information content (AvgIpc) is 2.70. The number of carbonyl (C=O) groups is 2. The molecule has 5 heteroatoms. The fraction of sp³-hybridized carbons (Fsp3) is 0.231. The van der Waals surface area contributed by atoms with E-state index in [2.05, 4.69) is 5.32 Å². The molecular weight excluding hydrogens is 234 g/mol. The Labute approximate surface area is 103 Å². The number of nitrogens with one attached hydrogen (secondary N) is 1. The van der Waals surface area contributed by atoms with Gasteiger partial charge in [-0.05, 0) is 6.07 Å². The third-order valence-corrected chi connectivity index (χ3v) is 2.64. The molecule has 0 bridgehead atoms. The van der Waals surface area contributed by atoms with Crippen molar-refractivity contribution in [2.24, 2.45) is 0 Å². The second-order valence-corrected chi connectivity index (χ2v) is 4.04. The van der Waals surface area contributed by atoms with Crippen LogP contribution in [0.1, 0.15) is 24.9 Å². The van der Waals surface area contributed by atoms with Gasteiger partial charge in [-0.2, -0.15) is 0 Å². The Hall–Kier alpha value is -2.30. The van der Waals surface area contributed by atoms with E-state index in [1.54, 1.807) is 6.07 Å². The van der Waals surface area contributed by atoms with Crippen molar-refractivity contribution in [3.8, 4) is 0 Å². The highest BCUT2D eigenvalue weighted by atomic mass is 16.4. The monoisotopic (exact) mass is 247 g/mol. The van der Waals surface area contributed by atoms with Gasteiger partial charge in [0.15, 0.2) is 0 Å². The number of amides is 1. The Bertz CT molecular complexity index is 571. The van der Waals surface area contributed by atoms with Crippen molar-refractivity contribution in [1.82, 2.24) is 5.32 Å². The van der Waals surface area contributed by atoms with E-state index in [4.69, 9.17) is 9.52 Å². The van der Waals surface area contributed by atoms with Crippen LogP contribution in [0.25, 0.3) is 11.0 Å². The van der Waals surface area contributed by atoms with Crippen LogP contribution in [0.3, 0.4) is 0 Å². The van der Waals surface area contributed by atoms with Gasteiger partial charge in [-0.3, -0.25) is 9.59 Å². The summed E-state index contributed by atoms with van der Waals surface area (Å²) in [5.74, 6) is -1.24. The average molecular weight is 247 g/mol. The zero-order valence-corrected chi connectivity index (χ0v) is 9.84. The predicted molar refractivity (Wildman–Crippen MR) is 65.0 cm³/mol. The van der Waals surface area contributed by atoms with Gasteiger partial charge in [0.2, 0.25) is 5.91 Å². The molecule has 1 atom stereocenters. The van der Waals surface area contributed by atoms with Crippen molar-refractivity contribution in [3.05, 3.63) is 36.1 Å². The fourth-order valence-electron chi connectivity index (χ4n) is 1.93. The first-order valence-corrected chi connectivity index (χ1v) is 5.53. The number of aliphatic carboxylic acids is 1. The molecule has 0 unspecified atom stereocenters. The van der Waals surface area contributed by atoms with E-state index in [-0.39, 0.29) is 12.3 Å². The fourth-order valence-corrected chi connectivity index (χ4v) is 1.93. The van der Waals surface area contributed by atoms with E-state index in [0.717, 1.165) is 5.39 Å². The minimum atomic E-state index is -0.973. The van der Waals surface area contributed by atoms with E-state index >= 15 is 0 Å². The number of fused-ring (bicyclic) bond motifs is 1. The molecule has 18 heavy (non-hydrogen) atoms. The van der Waals surface area contributed by atoms with Gasteiger partial charge in [0.25, 0.3) is 0 Å². The smallest absolute Gasteiger partial charge is 0.305 e. The number of carbonyl (C=O) groups excluding carboxylic acids is 1. The lowest BCUT2D eigenvalue weighted by Crippen LogP contribution is -2.27. The summed E-state index contributed by atoms with van der Waals surface area (Å²) in [5, 5.41) is 12.3. The van der Waals surface area contributed by atoms with Crippen LogP contribution >= 0.6 is 0 Å². The first-order chi connectivity index (χ1) is 8.58. The number of carboxylic acids is 1. The summed E-state index contributed by atoms with van der Waals surface area (Å²) in [4.78, 5) is 22.0. The molecule has 1 aromatic heterocycles. The van der Waals surface area contributed by atoms with Gasteiger partial charge >= 0.3 is 5.97 Å². The molecule has 0 radical (unpaired) electrons. The highest BCUT2D eigenvalue weighted by molar-refractivity contribution is 5.83. The molecule has 0 aliphatic heterocycles. The summed E-state index contributed by atoms with van der Waals surface area (Å²) < 4.78 is 5.35. The molecule has 5 nitrogen and oxygen atoms in total. The second-order valence-electron chi connectivity index (χ2n) is 4.04. The summed E-state index contributed by atoms with van der Waals surface area (Å²) >= 11 is 0. The second kappa shape index (κ2) is 4.91. The van der Waals surface area contributed by atoms with E-state index in [9.17, 15) is 9.59 Å². The summed E-state index contributed by atoms with van der Waals surface area (Å²) in [6.07, 6.45) is 1.32. The minimum absolute atomic E-state index is 0.177. The third-order valence-electron chi connectivity index (χ3n) is 2.64. The number of furan rings is 1. The maximum atomic E-state index is 11.1. The van der Waals surface area contributed by atoms with Crippen molar-refractivity contribution in [2.75, 3.05) is 0 Å².